The molecule has 0 aromatic heterocycles. The van der Waals surface area contributed by atoms with Crippen molar-refractivity contribution in [1.29, 1.82) is 0 Å². The highest BCUT2D eigenvalue weighted by atomic mass is 32.2. The van der Waals surface area contributed by atoms with Gasteiger partial charge < -0.3 is 10.1 Å². The van der Waals surface area contributed by atoms with Crippen LogP contribution in [-0.4, -0.2) is 36.5 Å². The summed E-state index contributed by atoms with van der Waals surface area (Å²) in [7, 11) is -4.36. The summed E-state index contributed by atoms with van der Waals surface area (Å²) >= 11 is 0. The summed E-state index contributed by atoms with van der Waals surface area (Å²) in [6.45, 7) is 9.18. The van der Waals surface area contributed by atoms with E-state index >= 15 is 0 Å². The van der Waals surface area contributed by atoms with Crippen LogP contribution in [0.2, 0.25) is 0 Å². The molecule has 0 fully saturated rings. The topological polar surface area (TPSA) is 154 Å². The molecule has 0 aliphatic carbocycles. The van der Waals surface area contributed by atoms with Crippen LogP contribution in [0.25, 0.3) is 0 Å². The number of nitro groups is 2. The van der Waals surface area contributed by atoms with E-state index in [2.05, 4.69) is 16.6 Å². The van der Waals surface area contributed by atoms with E-state index in [1.165, 1.54) is 0 Å². The van der Waals surface area contributed by atoms with Crippen LogP contribution >= 0.6 is 0 Å². The minimum absolute atomic E-state index is 0.155. The number of non-ortho nitro benzene ring substituents is 1. The third kappa shape index (κ3) is 7.84. The third-order valence-electron chi connectivity index (χ3n) is 4.28. The van der Waals surface area contributed by atoms with E-state index in [1.54, 1.807) is 0 Å². The van der Waals surface area contributed by atoms with Gasteiger partial charge in [0.2, 0.25) is 10.0 Å². The van der Waals surface area contributed by atoms with Gasteiger partial charge in [-0.1, -0.05) is 30.3 Å². The van der Waals surface area contributed by atoms with E-state index in [4.69, 9.17) is 4.74 Å². The van der Waals surface area contributed by atoms with Gasteiger partial charge in [-0.2, -0.15) is 0 Å². The molecular formula is C21H26N4O7S. The second-order valence-electron chi connectivity index (χ2n) is 8.19. The predicted molar refractivity (Wildman–Crippen MR) is 122 cm³/mol. The number of nitrogens with zero attached hydrogens (tertiary/aromatic N) is 2. The van der Waals surface area contributed by atoms with Crippen molar-refractivity contribution in [1.82, 2.24) is 10.0 Å². The number of ether oxygens (including phenoxy) is 1. The van der Waals surface area contributed by atoms with Crippen LogP contribution in [0, 0.1) is 20.2 Å². The summed E-state index contributed by atoms with van der Waals surface area (Å²) in [5, 5.41) is 25.3. The number of nitrogens with one attached hydrogen (secondary N) is 2. The SMILES string of the molecule is C=C(N[C@H](CNS(=O)(=O)c1ccc([N+](=O)[O-])cc1[N+](=O)[O-])Cc1ccccc1)OC(C)(C)C. The fraction of sp³-hybridized carbons (Fsp3) is 0.333. The first-order valence-corrected chi connectivity index (χ1v) is 11.4. The molecule has 2 rings (SSSR count). The van der Waals surface area contributed by atoms with Crippen molar-refractivity contribution in [2.24, 2.45) is 0 Å². The fourth-order valence-corrected chi connectivity index (χ4v) is 4.21. The number of nitro benzene ring substituents is 2. The molecule has 0 aliphatic heterocycles. The molecule has 0 amide bonds. The van der Waals surface area contributed by atoms with Gasteiger partial charge in [0.25, 0.3) is 11.4 Å². The normalized spacial score (nSPS) is 12.6. The fourth-order valence-electron chi connectivity index (χ4n) is 2.98. The van der Waals surface area contributed by atoms with Gasteiger partial charge in [-0.05, 0) is 45.4 Å². The zero-order chi connectivity index (χ0) is 24.8. The van der Waals surface area contributed by atoms with Gasteiger partial charge in [-0.15, -0.1) is 0 Å². The smallest absolute Gasteiger partial charge is 0.296 e. The van der Waals surface area contributed by atoms with Crippen molar-refractivity contribution in [2.45, 2.75) is 43.7 Å². The average Bonchev–Trinajstić information content (AvgIpc) is 2.71. The van der Waals surface area contributed by atoms with Crippen LogP contribution in [0.1, 0.15) is 26.3 Å². The van der Waals surface area contributed by atoms with Crippen molar-refractivity contribution in [3.63, 3.8) is 0 Å². The average molecular weight is 479 g/mol. The van der Waals surface area contributed by atoms with Crippen molar-refractivity contribution >= 4 is 21.4 Å². The minimum Gasteiger partial charge on any atom is -0.474 e. The predicted octanol–water partition coefficient (Wildman–Crippen LogP) is 3.27. The molecule has 0 unspecified atom stereocenters. The lowest BCUT2D eigenvalue weighted by Crippen LogP contribution is -2.43. The largest absolute Gasteiger partial charge is 0.474 e. The molecule has 0 saturated carbocycles. The Hall–Kier alpha value is -3.51. The van der Waals surface area contributed by atoms with Gasteiger partial charge in [0.1, 0.15) is 5.60 Å². The molecule has 11 nitrogen and oxygen atoms in total. The Labute approximate surface area is 191 Å². The highest BCUT2D eigenvalue weighted by Gasteiger charge is 2.29. The number of hydrogen-bond donors (Lipinski definition) is 2. The molecule has 0 aliphatic rings. The Bertz CT molecular complexity index is 1130. The number of hydrogen-bond acceptors (Lipinski definition) is 8. The minimum atomic E-state index is -4.36. The molecule has 0 heterocycles. The summed E-state index contributed by atoms with van der Waals surface area (Å²) in [6.07, 6.45) is 0.401. The highest BCUT2D eigenvalue weighted by Crippen LogP contribution is 2.28. The Morgan fingerprint density at radius 2 is 1.73 bits per heavy atom. The van der Waals surface area contributed by atoms with Gasteiger partial charge in [-0.25, -0.2) is 13.1 Å². The van der Waals surface area contributed by atoms with E-state index in [-0.39, 0.29) is 12.4 Å². The van der Waals surface area contributed by atoms with Crippen LogP contribution in [-0.2, 0) is 21.2 Å². The summed E-state index contributed by atoms with van der Waals surface area (Å²) in [4.78, 5) is 19.8. The van der Waals surface area contributed by atoms with Gasteiger partial charge >= 0.3 is 0 Å². The highest BCUT2D eigenvalue weighted by molar-refractivity contribution is 7.89. The Morgan fingerprint density at radius 1 is 1.09 bits per heavy atom. The summed E-state index contributed by atoms with van der Waals surface area (Å²) in [6, 6.07) is 11.1. The molecule has 1 atom stereocenters. The van der Waals surface area contributed by atoms with E-state index in [9.17, 15) is 28.6 Å². The molecule has 33 heavy (non-hydrogen) atoms. The lowest BCUT2D eigenvalue weighted by molar-refractivity contribution is -0.396. The molecule has 2 aromatic rings. The first-order chi connectivity index (χ1) is 15.3. The molecule has 12 heteroatoms. The first-order valence-electron chi connectivity index (χ1n) is 9.89. The Balaban J connectivity index is 2.26. The van der Waals surface area contributed by atoms with Gasteiger partial charge in [0.05, 0.1) is 15.9 Å². The van der Waals surface area contributed by atoms with Crippen LogP contribution in [0.15, 0.2) is 65.9 Å². The lowest BCUT2D eigenvalue weighted by Gasteiger charge is -2.27. The molecule has 0 radical (unpaired) electrons. The first kappa shape index (κ1) is 25.7. The molecular weight excluding hydrogens is 452 g/mol. The monoisotopic (exact) mass is 478 g/mol. The lowest BCUT2D eigenvalue weighted by atomic mass is 10.1. The zero-order valence-electron chi connectivity index (χ0n) is 18.5. The standard InChI is InChI=1S/C21H26N4O7S/c1-15(32-21(2,3)4)23-17(12-16-8-6-5-7-9-16)14-22-33(30,31)20-11-10-18(24(26)27)13-19(20)25(28)29/h5-11,13,17,22-23H,1,12,14H2,2-4H3/t17-/m0/s1. The number of rotatable bonds is 11. The van der Waals surface area contributed by atoms with Gasteiger partial charge in [0.15, 0.2) is 10.8 Å². The van der Waals surface area contributed by atoms with Crippen molar-refractivity contribution in [2.75, 3.05) is 6.54 Å². The maximum absolute atomic E-state index is 12.8. The van der Waals surface area contributed by atoms with Crippen molar-refractivity contribution in [3.8, 4) is 0 Å². The van der Waals surface area contributed by atoms with E-state index < -0.39 is 47.8 Å². The maximum Gasteiger partial charge on any atom is 0.296 e. The Morgan fingerprint density at radius 3 is 2.27 bits per heavy atom. The van der Waals surface area contributed by atoms with Crippen molar-refractivity contribution < 1.29 is 23.0 Å². The molecule has 178 valence electrons. The van der Waals surface area contributed by atoms with Crippen LogP contribution in [0.4, 0.5) is 11.4 Å². The summed E-state index contributed by atoms with van der Waals surface area (Å²) < 4.78 is 33.7. The molecule has 2 N–H and O–H groups in total. The van der Waals surface area contributed by atoms with Crippen LogP contribution < -0.4 is 10.0 Å². The molecule has 0 bridgehead atoms. The molecule has 2 aromatic carbocycles. The van der Waals surface area contributed by atoms with Gasteiger partial charge in [-0.3, -0.25) is 20.2 Å². The number of sulfonamides is 1. The third-order valence-corrected chi connectivity index (χ3v) is 5.75. The zero-order valence-corrected chi connectivity index (χ0v) is 19.3. The maximum atomic E-state index is 12.8. The van der Waals surface area contributed by atoms with Gasteiger partial charge in [0, 0.05) is 18.7 Å². The van der Waals surface area contributed by atoms with E-state index in [0.29, 0.717) is 12.5 Å². The quantitative estimate of drug-likeness (QED) is 0.283. The Kier molecular flexibility index (Phi) is 8.12. The van der Waals surface area contributed by atoms with Crippen molar-refractivity contribution in [3.05, 3.63) is 86.8 Å². The summed E-state index contributed by atoms with van der Waals surface area (Å²) in [5.74, 6) is 0.240. The number of benzene rings is 2. The second kappa shape index (κ2) is 10.4. The van der Waals surface area contributed by atoms with Crippen LogP contribution in [0.5, 0.6) is 0 Å². The summed E-state index contributed by atoms with van der Waals surface area (Å²) in [5.41, 5.74) is -1.08. The molecule has 0 spiro atoms. The second-order valence-corrected chi connectivity index (χ2v) is 9.92. The van der Waals surface area contributed by atoms with E-state index in [1.807, 2.05) is 51.1 Å². The van der Waals surface area contributed by atoms with E-state index in [0.717, 1.165) is 17.7 Å². The molecule has 0 saturated heterocycles. The van der Waals surface area contributed by atoms with Crippen LogP contribution in [0.3, 0.4) is 0 Å².